The van der Waals surface area contributed by atoms with Crippen molar-refractivity contribution < 1.29 is 38.0 Å². The number of hydrogen-bond acceptors (Lipinski definition) is 16. The lowest BCUT2D eigenvalue weighted by atomic mass is 10.2. The maximum absolute atomic E-state index is 13.0. The molecule has 0 aliphatic carbocycles. The minimum atomic E-state index is -0.651. The molecule has 3 aromatic carbocycles. The first kappa shape index (κ1) is 41.4. The Balaban J connectivity index is 0.000000186. The average Bonchev–Trinajstić information content (AvgIpc) is 3.55. The number of carbonyl (C=O) groups is 2. The number of carbonyl (C=O) groups excluding carboxylic acids is 2. The van der Waals surface area contributed by atoms with Crippen LogP contribution in [-0.4, -0.2) is 135 Å². The van der Waals surface area contributed by atoms with Gasteiger partial charge in [0.15, 0.2) is 34.5 Å². The van der Waals surface area contributed by atoms with Gasteiger partial charge in [-0.15, -0.1) is 0 Å². The van der Waals surface area contributed by atoms with Gasteiger partial charge in [-0.25, -0.2) is 9.97 Å². The SMILES string of the molecule is CCCC(=O)N1CCCN(c2nc(N)c3cc(OC)c(OC)cc3n2)CC1.COc1cc2nc(N3CCN(C(=O)C4COc5ccccc5O4)CC3)nc(N)c2cc1OC. The lowest BCUT2D eigenvalue weighted by Crippen LogP contribution is -2.54. The molecule has 4 N–H and O–H groups in total. The average molecular weight is 825 g/mol. The van der Waals surface area contributed by atoms with E-state index in [0.29, 0.717) is 120 Å². The van der Waals surface area contributed by atoms with E-state index >= 15 is 0 Å². The second-order valence-corrected chi connectivity index (χ2v) is 14.4. The second kappa shape index (κ2) is 18.5. The van der Waals surface area contributed by atoms with E-state index in [1.54, 1.807) is 57.6 Å². The number of nitrogens with two attached hydrogens (primary N) is 2. The van der Waals surface area contributed by atoms with E-state index in [0.717, 1.165) is 31.3 Å². The van der Waals surface area contributed by atoms with Crippen molar-refractivity contribution in [2.75, 3.05) is 109 Å². The summed E-state index contributed by atoms with van der Waals surface area (Å²) in [5.41, 5.74) is 13.8. The number of rotatable bonds is 9. The first-order chi connectivity index (χ1) is 29.1. The van der Waals surface area contributed by atoms with Crippen LogP contribution in [0.4, 0.5) is 23.5 Å². The van der Waals surface area contributed by atoms with Crippen LogP contribution in [0.2, 0.25) is 0 Å². The first-order valence-electron chi connectivity index (χ1n) is 20.0. The Bertz CT molecular complexity index is 2340. The molecule has 5 aromatic rings. The standard InChI is InChI=1S/C23H25N5O5.C19H27N5O3/c1-30-18-11-14-15(12-19(18)31-2)25-23(26-21(14)24)28-9-7-27(8-10-28)22(29)20-13-32-16-5-3-4-6-17(16)33-20;1-4-6-17(25)23-7-5-8-24(10-9-23)19-21-14-12-16(27-3)15(26-2)11-13(14)18(20)22-19/h3-6,11-12,20H,7-10,13H2,1-2H3,(H2,24,25,26);11-12H,4-10H2,1-3H3,(H2,20,21,22). The Hall–Kier alpha value is -6.72. The molecule has 0 spiro atoms. The number of nitrogens with zero attached hydrogens (tertiary/aromatic N) is 8. The number of benzene rings is 3. The summed E-state index contributed by atoms with van der Waals surface area (Å²) >= 11 is 0. The number of ether oxygens (including phenoxy) is 6. The van der Waals surface area contributed by atoms with E-state index in [9.17, 15) is 9.59 Å². The molecule has 3 aliphatic rings. The summed E-state index contributed by atoms with van der Waals surface area (Å²) in [6.45, 7) is 7.34. The fourth-order valence-corrected chi connectivity index (χ4v) is 7.43. The maximum atomic E-state index is 13.0. The highest BCUT2D eigenvalue weighted by atomic mass is 16.6. The summed E-state index contributed by atoms with van der Waals surface area (Å²) in [5, 5.41) is 1.42. The van der Waals surface area contributed by atoms with Crippen molar-refractivity contribution in [3.63, 3.8) is 0 Å². The zero-order valence-electron chi connectivity index (χ0n) is 34.7. The van der Waals surface area contributed by atoms with E-state index in [1.165, 1.54) is 0 Å². The van der Waals surface area contributed by atoms with Gasteiger partial charge in [0.2, 0.25) is 23.9 Å². The van der Waals surface area contributed by atoms with Gasteiger partial charge in [0.25, 0.3) is 5.91 Å². The molecule has 0 saturated carbocycles. The fourth-order valence-electron chi connectivity index (χ4n) is 7.43. The van der Waals surface area contributed by atoms with Gasteiger partial charge in [-0.05, 0) is 37.1 Å². The van der Waals surface area contributed by atoms with Crippen molar-refractivity contribution in [3.8, 4) is 34.5 Å². The van der Waals surface area contributed by atoms with Gasteiger partial charge in [0.05, 0.1) is 39.5 Å². The van der Waals surface area contributed by atoms with Gasteiger partial charge in [-0.3, -0.25) is 9.59 Å². The minimum absolute atomic E-state index is 0.0834. The Morgan fingerprint density at radius 1 is 0.667 bits per heavy atom. The van der Waals surface area contributed by atoms with Crippen molar-refractivity contribution in [1.82, 2.24) is 29.7 Å². The summed E-state index contributed by atoms with van der Waals surface area (Å²) in [6, 6.07) is 14.5. The Labute approximate surface area is 348 Å². The molecule has 2 fully saturated rings. The molecule has 5 heterocycles. The molecule has 0 bridgehead atoms. The summed E-state index contributed by atoms with van der Waals surface area (Å²) in [4.78, 5) is 51.4. The lowest BCUT2D eigenvalue weighted by molar-refractivity contribution is -0.141. The van der Waals surface area contributed by atoms with Gasteiger partial charge >= 0.3 is 0 Å². The predicted molar refractivity (Wildman–Crippen MR) is 228 cm³/mol. The third-order valence-corrected chi connectivity index (χ3v) is 10.7. The van der Waals surface area contributed by atoms with E-state index in [-0.39, 0.29) is 18.4 Å². The van der Waals surface area contributed by atoms with Gasteiger partial charge in [-0.2, -0.15) is 9.97 Å². The zero-order valence-corrected chi connectivity index (χ0v) is 34.7. The van der Waals surface area contributed by atoms with Crippen LogP contribution in [0.3, 0.4) is 0 Å². The van der Waals surface area contributed by atoms with Crippen molar-refractivity contribution >= 4 is 57.2 Å². The molecule has 3 aliphatic heterocycles. The molecule has 0 radical (unpaired) electrons. The number of anilines is 4. The van der Waals surface area contributed by atoms with E-state index in [2.05, 4.69) is 24.8 Å². The van der Waals surface area contributed by atoms with Crippen LogP contribution in [0.5, 0.6) is 34.5 Å². The van der Waals surface area contributed by atoms with Crippen molar-refractivity contribution in [2.24, 2.45) is 0 Å². The summed E-state index contributed by atoms with van der Waals surface area (Å²) in [6.07, 6.45) is 1.69. The first-order valence-corrected chi connectivity index (χ1v) is 20.0. The maximum Gasteiger partial charge on any atom is 0.267 e. The van der Waals surface area contributed by atoms with Crippen LogP contribution in [0, 0.1) is 0 Å². The highest BCUT2D eigenvalue weighted by Gasteiger charge is 2.33. The Kier molecular flexibility index (Phi) is 12.8. The quantitative estimate of drug-likeness (QED) is 0.217. The fraction of sp³-hybridized carbons (Fsp3) is 0.429. The number of para-hydroxylation sites is 2. The summed E-state index contributed by atoms with van der Waals surface area (Å²) < 4.78 is 33.0. The number of methoxy groups -OCH3 is 4. The molecule has 18 heteroatoms. The van der Waals surface area contributed by atoms with Crippen molar-refractivity contribution in [3.05, 3.63) is 48.5 Å². The van der Waals surface area contributed by atoms with Crippen LogP contribution in [-0.2, 0) is 9.59 Å². The van der Waals surface area contributed by atoms with Gasteiger partial charge < -0.3 is 59.5 Å². The number of aromatic nitrogens is 4. The van der Waals surface area contributed by atoms with Crippen molar-refractivity contribution in [1.29, 1.82) is 0 Å². The Morgan fingerprint density at radius 3 is 1.70 bits per heavy atom. The molecular weight excluding hydrogens is 773 g/mol. The van der Waals surface area contributed by atoms with E-state index in [1.807, 2.05) is 41.0 Å². The second-order valence-electron chi connectivity index (χ2n) is 14.4. The highest BCUT2D eigenvalue weighted by Crippen LogP contribution is 2.36. The topological polar surface area (TPSA) is 206 Å². The number of piperazine rings is 1. The van der Waals surface area contributed by atoms with Crippen LogP contribution in [0.1, 0.15) is 26.2 Å². The highest BCUT2D eigenvalue weighted by molar-refractivity contribution is 5.93. The monoisotopic (exact) mass is 824 g/mol. The molecule has 2 amide bonds. The van der Waals surface area contributed by atoms with E-state index in [4.69, 9.17) is 39.9 Å². The molecule has 18 nitrogen and oxygen atoms in total. The Morgan fingerprint density at radius 2 is 1.17 bits per heavy atom. The van der Waals surface area contributed by atoms with Gasteiger partial charge in [-0.1, -0.05) is 19.1 Å². The van der Waals surface area contributed by atoms with Crippen LogP contribution in [0.15, 0.2) is 48.5 Å². The van der Waals surface area contributed by atoms with Gasteiger partial charge in [0, 0.05) is 81.7 Å². The number of fused-ring (bicyclic) bond motifs is 3. The van der Waals surface area contributed by atoms with E-state index < -0.39 is 6.10 Å². The largest absolute Gasteiger partial charge is 0.493 e. The van der Waals surface area contributed by atoms with Gasteiger partial charge in [0.1, 0.15) is 18.2 Å². The molecule has 2 aromatic heterocycles. The summed E-state index contributed by atoms with van der Waals surface area (Å²) in [7, 11) is 6.31. The minimum Gasteiger partial charge on any atom is -0.493 e. The summed E-state index contributed by atoms with van der Waals surface area (Å²) in [5.74, 6) is 5.57. The molecule has 2 saturated heterocycles. The number of nitrogen functional groups attached to an aromatic ring is 2. The molecule has 1 unspecified atom stereocenters. The molecular formula is C42H52N10O8. The molecule has 8 rings (SSSR count). The lowest BCUT2D eigenvalue weighted by Gasteiger charge is -2.37. The van der Waals surface area contributed by atoms with Crippen LogP contribution >= 0.6 is 0 Å². The molecule has 60 heavy (non-hydrogen) atoms. The third-order valence-electron chi connectivity index (χ3n) is 10.7. The molecule has 1 atom stereocenters. The molecule has 318 valence electrons. The number of amides is 2. The third kappa shape index (κ3) is 8.81. The normalized spacial score (nSPS) is 16.4. The smallest absolute Gasteiger partial charge is 0.267 e. The number of hydrogen-bond donors (Lipinski definition) is 2. The predicted octanol–water partition coefficient (Wildman–Crippen LogP) is 3.79. The van der Waals surface area contributed by atoms with Crippen LogP contribution in [0.25, 0.3) is 21.8 Å². The van der Waals surface area contributed by atoms with Crippen LogP contribution < -0.4 is 49.7 Å². The van der Waals surface area contributed by atoms with Crippen molar-refractivity contribution in [2.45, 2.75) is 32.3 Å². The zero-order chi connectivity index (χ0) is 42.3.